The smallest absolute Gasteiger partial charge is 0.170 e. The van der Waals surface area contributed by atoms with Crippen LogP contribution < -0.4 is 24.4 Å². The van der Waals surface area contributed by atoms with E-state index in [0.717, 1.165) is 30.9 Å². The van der Waals surface area contributed by atoms with E-state index in [1.807, 2.05) is 36.4 Å². The zero-order valence-corrected chi connectivity index (χ0v) is 17.5. The van der Waals surface area contributed by atoms with E-state index in [1.54, 1.807) is 14.2 Å². The number of hydrogen-bond acceptors (Lipinski definition) is 6. The molecule has 0 aliphatic carbocycles. The van der Waals surface area contributed by atoms with E-state index in [1.165, 1.54) is 0 Å². The third-order valence-electron chi connectivity index (χ3n) is 5.62. The van der Waals surface area contributed by atoms with Gasteiger partial charge in [-0.1, -0.05) is 6.07 Å². The number of ketones is 1. The summed E-state index contributed by atoms with van der Waals surface area (Å²) in [6.07, 6.45) is -0.0299. The third-order valence-corrected chi connectivity index (χ3v) is 5.62. The number of ether oxygens (including phenoxy) is 3. The van der Waals surface area contributed by atoms with Crippen LogP contribution in [-0.2, 0) is 0 Å². The molecule has 0 spiro atoms. The zero-order chi connectivity index (χ0) is 20.6. The van der Waals surface area contributed by atoms with Crippen LogP contribution in [0.5, 0.6) is 17.2 Å². The van der Waals surface area contributed by atoms with Crippen molar-refractivity contribution in [2.24, 2.45) is 0 Å². The average Bonchev–Trinajstić information content (AvgIpc) is 2.72. The molecule has 2 aliphatic rings. The molecule has 6 nitrogen and oxygen atoms in total. The van der Waals surface area contributed by atoms with E-state index in [4.69, 9.17) is 14.2 Å². The Bertz CT molecular complexity index is 925. The molecular formula is C23H28N2O4. The van der Waals surface area contributed by atoms with Gasteiger partial charge in [-0.2, -0.15) is 0 Å². The topological polar surface area (TPSA) is 60.0 Å². The van der Waals surface area contributed by atoms with Gasteiger partial charge in [0.25, 0.3) is 0 Å². The summed E-state index contributed by atoms with van der Waals surface area (Å²) in [5, 5.41) is 3.52. The normalized spacial score (nSPS) is 20.6. The highest BCUT2D eigenvalue weighted by Gasteiger charge is 2.31. The molecule has 1 saturated heterocycles. The van der Waals surface area contributed by atoms with Crippen LogP contribution in [0.15, 0.2) is 36.4 Å². The molecule has 4 rings (SSSR count). The number of carbonyl (C=O) groups excluding carboxylic acids is 1. The third kappa shape index (κ3) is 3.90. The maximum atomic E-state index is 12.9. The number of benzene rings is 2. The van der Waals surface area contributed by atoms with E-state index < -0.39 is 0 Å². The summed E-state index contributed by atoms with van der Waals surface area (Å²) in [7, 11) is 3.20. The number of Topliss-reactive ketones (excluding diaryl/α,β-unsaturated/α-hetero) is 1. The highest BCUT2D eigenvalue weighted by molar-refractivity contribution is 6.01. The Morgan fingerprint density at radius 2 is 1.90 bits per heavy atom. The number of anilines is 1. The summed E-state index contributed by atoms with van der Waals surface area (Å²) in [6, 6.07) is 11.6. The van der Waals surface area contributed by atoms with Crippen molar-refractivity contribution in [2.45, 2.75) is 31.9 Å². The SMILES string of the molecule is COc1ccc(C2CC(=O)c3cc(N4CCNC(C)(C)C4)ccc3O2)cc1OC. The minimum atomic E-state index is -0.334. The second-order valence-electron chi connectivity index (χ2n) is 8.26. The van der Waals surface area contributed by atoms with Crippen LogP contribution in [0.25, 0.3) is 0 Å². The van der Waals surface area contributed by atoms with Crippen LogP contribution >= 0.6 is 0 Å². The fourth-order valence-corrected chi connectivity index (χ4v) is 4.11. The monoisotopic (exact) mass is 396 g/mol. The van der Waals surface area contributed by atoms with Crippen molar-refractivity contribution in [3.63, 3.8) is 0 Å². The number of nitrogens with one attached hydrogen (secondary N) is 1. The largest absolute Gasteiger partial charge is 0.493 e. The Morgan fingerprint density at radius 1 is 1.10 bits per heavy atom. The van der Waals surface area contributed by atoms with E-state index >= 15 is 0 Å². The summed E-state index contributed by atoms with van der Waals surface area (Å²) >= 11 is 0. The second-order valence-corrected chi connectivity index (χ2v) is 8.26. The summed E-state index contributed by atoms with van der Waals surface area (Å²) in [6.45, 7) is 7.13. The van der Waals surface area contributed by atoms with Gasteiger partial charge < -0.3 is 24.4 Å². The summed E-state index contributed by atoms with van der Waals surface area (Å²) in [5.41, 5.74) is 2.68. The van der Waals surface area contributed by atoms with Crippen molar-refractivity contribution in [2.75, 3.05) is 38.8 Å². The number of nitrogens with zero attached hydrogens (tertiary/aromatic N) is 1. The highest BCUT2D eigenvalue weighted by atomic mass is 16.5. The first kappa shape index (κ1) is 19.6. The molecule has 6 heteroatoms. The Hall–Kier alpha value is -2.73. The molecule has 0 aromatic heterocycles. The summed E-state index contributed by atoms with van der Waals surface area (Å²) in [5.74, 6) is 2.02. The highest BCUT2D eigenvalue weighted by Crippen LogP contribution is 2.39. The summed E-state index contributed by atoms with van der Waals surface area (Å²) in [4.78, 5) is 15.3. The Kier molecular flexibility index (Phi) is 5.13. The molecule has 29 heavy (non-hydrogen) atoms. The van der Waals surface area contributed by atoms with Gasteiger partial charge in [-0.3, -0.25) is 4.79 Å². The maximum absolute atomic E-state index is 12.9. The van der Waals surface area contributed by atoms with Crippen LogP contribution in [0.4, 0.5) is 5.69 Å². The summed E-state index contributed by atoms with van der Waals surface area (Å²) < 4.78 is 16.9. The zero-order valence-electron chi connectivity index (χ0n) is 17.5. The number of carbonyl (C=O) groups is 1. The molecule has 0 amide bonds. The molecule has 2 aromatic rings. The molecule has 0 saturated carbocycles. The molecule has 2 aliphatic heterocycles. The molecule has 2 aromatic carbocycles. The van der Waals surface area contributed by atoms with Crippen molar-refractivity contribution in [1.82, 2.24) is 5.32 Å². The first-order valence-electron chi connectivity index (χ1n) is 9.96. The van der Waals surface area contributed by atoms with E-state index in [9.17, 15) is 4.79 Å². The quantitative estimate of drug-likeness (QED) is 0.852. The fourth-order valence-electron chi connectivity index (χ4n) is 4.11. The number of rotatable bonds is 4. The molecule has 1 atom stereocenters. The minimum absolute atomic E-state index is 0.0488. The lowest BCUT2D eigenvalue weighted by molar-refractivity contribution is 0.0850. The Balaban J connectivity index is 1.58. The van der Waals surface area contributed by atoms with Gasteiger partial charge in [-0.05, 0) is 49.7 Å². The van der Waals surface area contributed by atoms with Crippen molar-refractivity contribution < 1.29 is 19.0 Å². The van der Waals surface area contributed by atoms with Gasteiger partial charge in [-0.25, -0.2) is 0 Å². The van der Waals surface area contributed by atoms with Crippen molar-refractivity contribution in [3.05, 3.63) is 47.5 Å². The van der Waals surface area contributed by atoms with Gasteiger partial charge in [0.15, 0.2) is 17.3 Å². The lowest BCUT2D eigenvalue weighted by Crippen LogP contribution is -2.57. The van der Waals surface area contributed by atoms with E-state index in [-0.39, 0.29) is 17.4 Å². The Morgan fingerprint density at radius 3 is 2.62 bits per heavy atom. The first-order valence-corrected chi connectivity index (χ1v) is 9.96. The van der Waals surface area contributed by atoms with Gasteiger partial charge in [0.05, 0.1) is 26.2 Å². The molecular weight excluding hydrogens is 368 g/mol. The van der Waals surface area contributed by atoms with Crippen molar-refractivity contribution >= 4 is 11.5 Å². The van der Waals surface area contributed by atoms with Crippen molar-refractivity contribution in [3.8, 4) is 17.2 Å². The van der Waals surface area contributed by atoms with E-state index in [2.05, 4.69) is 24.1 Å². The average molecular weight is 396 g/mol. The number of piperazine rings is 1. The van der Waals surface area contributed by atoms with Gasteiger partial charge in [-0.15, -0.1) is 0 Å². The number of methoxy groups -OCH3 is 2. The fraction of sp³-hybridized carbons (Fsp3) is 0.435. The van der Waals surface area contributed by atoms with Crippen LogP contribution in [0, 0.1) is 0 Å². The van der Waals surface area contributed by atoms with Gasteiger partial charge >= 0.3 is 0 Å². The predicted molar refractivity (Wildman–Crippen MR) is 113 cm³/mol. The van der Waals surface area contributed by atoms with Gasteiger partial charge in [0.2, 0.25) is 0 Å². The van der Waals surface area contributed by atoms with Gasteiger partial charge in [0.1, 0.15) is 11.9 Å². The molecule has 0 radical (unpaired) electrons. The molecule has 1 fully saturated rings. The number of hydrogen-bond donors (Lipinski definition) is 1. The molecule has 1 N–H and O–H groups in total. The minimum Gasteiger partial charge on any atom is -0.493 e. The number of fused-ring (bicyclic) bond motifs is 1. The maximum Gasteiger partial charge on any atom is 0.170 e. The standard InChI is InChI=1S/C23H28N2O4/c1-23(2)14-25(10-9-24-23)16-6-8-19-17(12-16)18(26)13-21(29-19)15-5-7-20(27-3)22(11-15)28-4/h5-8,11-12,21,24H,9-10,13-14H2,1-4H3. The van der Waals surface area contributed by atoms with Crippen LogP contribution in [0.2, 0.25) is 0 Å². The van der Waals surface area contributed by atoms with Crippen LogP contribution in [-0.4, -0.2) is 45.2 Å². The van der Waals surface area contributed by atoms with Crippen LogP contribution in [0.1, 0.15) is 42.3 Å². The molecule has 154 valence electrons. The first-order chi connectivity index (χ1) is 13.9. The second kappa shape index (κ2) is 7.59. The lowest BCUT2D eigenvalue weighted by Gasteiger charge is -2.40. The van der Waals surface area contributed by atoms with Gasteiger partial charge in [0, 0.05) is 30.9 Å². The predicted octanol–water partition coefficient (Wildman–Crippen LogP) is 3.60. The molecule has 1 unspecified atom stereocenters. The lowest BCUT2D eigenvalue weighted by atomic mass is 9.95. The Labute approximate surface area is 171 Å². The van der Waals surface area contributed by atoms with E-state index in [0.29, 0.717) is 29.2 Å². The molecule has 2 heterocycles. The van der Waals surface area contributed by atoms with Crippen LogP contribution in [0.3, 0.4) is 0 Å². The van der Waals surface area contributed by atoms with Crippen molar-refractivity contribution in [1.29, 1.82) is 0 Å². The molecule has 0 bridgehead atoms.